The molecule has 0 atom stereocenters. The van der Waals surface area contributed by atoms with E-state index in [1.165, 1.54) is 17.7 Å². The Morgan fingerprint density at radius 1 is 1.37 bits per heavy atom. The van der Waals surface area contributed by atoms with Crippen LogP contribution in [-0.4, -0.2) is 12.3 Å². The molecule has 0 saturated heterocycles. The summed E-state index contributed by atoms with van der Waals surface area (Å²) in [6, 6.07) is 11.0. The number of nitrogens with zero attached hydrogens (tertiary/aromatic N) is 1. The molecule has 98 valence electrons. The van der Waals surface area contributed by atoms with Crippen molar-refractivity contribution in [1.82, 2.24) is 0 Å². The van der Waals surface area contributed by atoms with Crippen molar-refractivity contribution in [3.63, 3.8) is 0 Å². The molecule has 1 saturated carbocycles. The number of hydrogen-bond donors (Lipinski definition) is 0. The van der Waals surface area contributed by atoms with Crippen LogP contribution in [0, 0.1) is 6.92 Å². The van der Waals surface area contributed by atoms with E-state index in [9.17, 15) is 4.79 Å². The molecule has 2 nitrogen and oxygen atoms in total. The van der Waals surface area contributed by atoms with Crippen molar-refractivity contribution in [2.75, 3.05) is 4.90 Å². The Labute approximate surface area is 117 Å². The van der Waals surface area contributed by atoms with Crippen LogP contribution in [0.1, 0.15) is 33.6 Å². The zero-order valence-corrected chi connectivity index (χ0v) is 11.8. The maximum Gasteiger partial charge on any atom is 0.152 e. The highest BCUT2D eigenvalue weighted by atomic mass is 32.1. The smallest absolute Gasteiger partial charge is 0.152 e. The van der Waals surface area contributed by atoms with Crippen molar-refractivity contribution in [2.24, 2.45) is 0 Å². The maximum absolute atomic E-state index is 11.3. The van der Waals surface area contributed by atoms with E-state index < -0.39 is 0 Å². The van der Waals surface area contributed by atoms with Gasteiger partial charge in [0.25, 0.3) is 0 Å². The van der Waals surface area contributed by atoms with E-state index in [0.717, 1.165) is 29.6 Å². The second kappa shape index (κ2) is 5.17. The van der Waals surface area contributed by atoms with Gasteiger partial charge in [-0.2, -0.15) is 0 Å². The third-order valence-electron chi connectivity index (χ3n) is 3.51. The summed E-state index contributed by atoms with van der Waals surface area (Å²) >= 11 is 1.78. The van der Waals surface area contributed by atoms with Gasteiger partial charge in [-0.05, 0) is 43.3 Å². The molecule has 3 rings (SSSR count). The van der Waals surface area contributed by atoms with Gasteiger partial charge >= 0.3 is 0 Å². The molecule has 0 N–H and O–H groups in total. The molecular formula is C16H17NOS. The van der Waals surface area contributed by atoms with Gasteiger partial charge in [0.2, 0.25) is 0 Å². The summed E-state index contributed by atoms with van der Waals surface area (Å²) in [5.41, 5.74) is 3.03. The van der Waals surface area contributed by atoms with Gasteiger partial charge in [-0.1, -0.05) is 17.7 Å². The summed E-state index contributed by atoms with van der Waals surface area (Å²) in [7, 11) is 0. The fraction of sp³-hybridized carbons (Fsp3) is 0.312. The molecule has 3 heteroatoms. The molecule has 1 aromatic carbocycles. The van der Waals surface area contributed by atoms with Gasteiger partial charge in [-0.25, -0.2) is 0 Å². The lowest BCUT2D eigenvalue weighted by Crippen LogP contribution is -2.25. The highest BCUT2D eigenvalue weighted by Gasteiger charge is 2.30. The summed E-state index contributed by atoms with van der Waals surface area (Å²) in [6.45, 7) is 2.93. The van der Waals surface area contributed by atoms with Gasteiger partial charge in [-0.15, -0.1) is 11.3 Å². The number of hydrogen-bond acceptors (Lipinski definition) is 3. The van der Waals surface area contributed by atoms with Gasteiger partial charge in [0.15, 0.2) is 6.29 Å². The van der Waals surface area contributed by atoms with Gasteiger partial charge in [-0.3, -0.25) is 4.79 Å². The largest absolute Gasteiger partial charge is 0.363 e. The summed E-state index contributed by atoms with van der Waals surface area (Å²) in [6.07, 6.45) is 3.45. The Kier molecular flexibility index (Phi) is 3.38. The van der Waals surface area contributed by atoms with E-state index in [4.69, 9.17) is 0 Å². The zero-order valence-electron chi connectivity index (χ0n) is 11.0. The second-order valence-corrected chi connectivity index (χ2v) is 6.15. The van der Waals surface area contributed by atoms with Crippen molar-refractivity contribution < 1.29 is 4.79 Å². The first-order valence-corrected chi connectivity index (χ1v) is 7.51. The molecule has 1 aliphatic carbocycles. The van der Waals surface area contributed by atoms with Crippen LogP contribution in [-0.2, 0) is 6.54 Å². The Hall–Kier alpha value is -1.61. The topological polar surface area (TPSA) is 20.3 Å². The van der Waals surface area contributed by atoms with Crippen LogP contribution in [0.15, 0.2) is 35.7 Å². The fourth-order valence-corrected chi connectivity index (χ4v) is 3.10. The molecule has 0 aliphatic heterocycles. The zero-order chi connectivity index (χ0) is 13.2. The quantitative estimate of drug-likeness (QED) is 0.765. The summed E-state index contributed by atoms with van der Waals surface area (Å²) in [5.74, 6) is 0. The Morgan fingerprint density at radius 2 is 2.21 bits per heavy atom. The van der Waals surface area contributed by atoms with Crippen LogP contribution in [0.4, 0.5) is 5.69 Å². The monoisotopic (exact) mass is 271 g/mol. The van der Waals surface area contributed by atoms with Gasteiger partial charge in [0.05, 0.1) is 6.54 Å². The SMILES string of the molecule is Cc1ccc(N(Cc2cccs2)C2CC2)c(C=O)c1. The van der Waals surface area contributed by atoms with Crippen LogP contribution < -0.4 is 4.90 Å². The van der Waals surface area contributed by atoms with Crippen LogP contribution in [0.5, 0.6) is 0 Å². The fourth-order valence-electron chi connectivity index (χ4n) is 2.40. The van der Waals surface area contributed by atoms with Crippen molar-refractivity contribution in [1.29, 1.82) is 0 Å². The second-order valence-electron chi connectivity index (χ2n) is 5.12. The van der Waals surface area contributed by atoms with Crippen molar-refractivity contribution >= 4 is 23.3 Å². The minimum atomic E-state index is 0.600. The van der Waals surface area contributed by atoms with E-state index in [-0.39, 0.29) is 0 Å². The average molecular weight is 271 g/mol. The predicted molar refractivity (Wildman–Crippen MR) is 80.1 cm³/mol. The molecular weight excluding hydrogens is 254 g/mol. The van der Waals surface area contributed by atoms with Gasteiger partial charge in [0, 0.05) is 22.2 Å². The lowest BCUT2D eigenvalue weighted by molar-refractivity contribution is 0.112. The normalized spacial score (nSPS) is 14.4. The standard InChI is InChI=1S/C16H17NOS/c1-12-4-7-16(13(9-12)11-18)17(14-5-6-14)10-15-3-2-8-19-15/h2-4,7-9,11,14H,5-6,10H2,1H3. The molecule has 0 unspecified atom stereocenters. The molecule has 0 bridgehead atoms. The van der Waals surface area contributed by atoms with Crippen LogP contribution in [0.3, 0.4) is 0 Å². The number of thiophene rings is 1. The van der Waals surface area contributed by atoms with Gasteiger partial charge < -0.3 is 4.90 Å². The number of aryl methyl sites for hydroxylation is 1. The summed E-state index contributed by atoms with van der Waals surface area (Å²) in [4.78, 5) is 15.0. The van der Waals surface area contributed by atoms with E-state index in [1.807, 2.05) is 13.0 Å². The number of aldehydes is 1. The Morgan fingerprint density at radius 3 is 2.84 bits per heavy atom. The maximum atomic E-state index is 11.3. The summed E-state index contributed by atoms with van der Waals surface area (Å²) in [5, 5.41) is 2.11. The molecule has 1 aromatic heterocycles. The van der Waals surface area contributed by atoms with Crippen LogP contribution in [0.2, 0.25) is 0 Å². The number of anilines is 1. The number of carbonyl (C=O) groups is 1. The first-order valence-electron chi connectivity index (χ1n) is 6.63. The average Bonchev–Trinajstić information content (AvgIpc) is 3.13. The van der Waals surface area contributed by atoms with Crippen LogP contribution >= 0.6 is 11.3 Å². The van der Waals surface area contributed by atoms with Crippen molar-refractivity contribution in [3.05, 3.63) is 51.7 Å². The highest BCUT2D eigenvalue weighted by molar-refractivity contribution is 7.09. The van der Waals surface area contributed by atoms with Crippen molar-refractivity contribution in [3.8, 4) is 0 Å². The minimum Gasteiger partial charge on any atom is -0.363 e. The van der Waals surface area contributed by atoms with E-state index in [2.05, 4.69) is 34.5 Å². The Bertz CT molecular complexity index is 572. The third-order valence-corrected chi connectivity index (χ3v) is 4.37. The first-order chi connectivity index (χ1) is 9.28. The first kappa shape index (κ1) is 12.4. The molecule has 19 heavy (non-hydrogen) atoms. The molecule has 1 aliphatic rings. The molecule has 1 heterocycles. The highest BCUT2D eigenvalue weighted by Crippen LogP contribution is 2.35. The molecule has 0 spiro atoms. The molecule has 1 fully saturated rings. The lowest BCUT2D eigenvalue weighted by Gasteiger charge is -2.25. The predicted octanol–water partition coefficient (Wildman–Crippen LogP) is 4.04. The Balaban J connectivity index is 1.93. The third kappa shape index (κ3) is 2.71. The van der Waals surface area contributed by atoms with Gasteiger partial charge in [0.1, 0.15) is 0 Å². The lowest BCUT2D eigenvalue weighted by atomic mass is 10.1. The number of carbonyl (C=O) groups excluding carboxylic acids is 1. The van der Waals surface area contributed by atoms with E-state index >= 15 is 0 Å². The number of benzene rings is 1. The van der Waals surface area contributed by atoms with E-state index in [1.54, 1.807) is 11.3 Å². The number of rotatable bonds is 5. The minimum absolute atomic E-state index is 0.600. The van der Waals surface area contributed by atoms with Crippen LogP contribution in [0.25, 0.3) is 0 Å². The molecule has 2 aromatic rings. The van der Waals surface area contributed by atoms with E-state index in [0.29, 0.717) is 6.04 Å². The molecule has 0 radical (unpaired) electrons. The summed E-state index contributed by atoms with van der Waals surface area (Å²) < 4.78 is 0. The molecule has 0 amide bonds. The van der Waals surface area contributed by atoms with Crippen molar-refractivity contribution in [2.45, 2.75) is 32.4 Å².